The fourth-order valence-corrected chi connectivity index (χ4v) is 3.10. The SMILES string of the molecule is Cc1cc(C)c(C#N)c(SCCOc2ccccc2Cl)[nH+]1. The Kier molecular flexibility index (Phi) is 5.49. The lowest BCUT2D eigenvalue weighted by atomic mass is 10.1. The van der Waals surface area contributed by atoms with E-state index in [0.29, 0.717) is 22.9 Å². The molecule has 3 nitrogen and oxygen atoms in total. The Hall–Kier alpha value is -1.70. The number of aromatic amines is 1. The normalized spacial score (nSPS) is 10.2. The molecule has 0 aliphatic rings. The fourth-order valence-electron chi connectivity index (χ4n) is 1.96. The average Bonchev–Trinajstić information content (AvgIpc) is 2.45. The molecule has 1 aromatic carbocycles. The highest BCUT2D eigenvalue weighted by Crippen LogP contribution is 2.24. The lowest BCUT2D eigenvalue weighted by Crippen LogP contribution is -2.15. The molecule has 1 N–H and O–H groups in total. The van der Waals surface area contributed by atoms with Gasteiger partial charge in [-0.25, -0.2) is 4.98 Å². The number of hydrogen-bond donors (Lipinski definition) is 0. The van der Waals surface area contributed by atoms with E-state index in [9.17, 15) is 5.26 Å². The summed E-state index contributed by atoms with van der Waals surface area (Å²) < 4.78 is 5.64. The van der Waals surface area contributed by atoms with Crippen molar-refractivity contribution in [2.75, 3.05) is 12.4 Å². The average molecular weight is 320 g/mol. The Bertz CT molecular complexity index is 682. The number of aryl methyl sites for hydroxylation is 2. The van der Waals surface area contributed by atoms with Crippen molar-refractivity contribution in [3.8, 4) is 11.8 Å². The Morgan fingerprint density at radius 1 is 1.33 bits per heavy atom. The van der Waals surface area contributed by atoms with Crippen LogP contribution in [0, 0.1) is 25.2 Å². The molecule has 0 spiro atoms. The van der Waals surface area contributed by atoms with Crippen LogP contribution in [0.5, 0.6) is 5.75 Å². The zero-order valence-electron chi connectivity index (χ0n) is 11.9. The smallest absolute Gasteiger partial charge is 0.256 e. The highest BCUT2D eigenvalue weighted by Gasteiger charge is 2.15. The quantitative estimate of drug-likeness (QED) is 0.622. The van der Waals surface area contributed by atoms with Gasteiger partial charge in [0, 0.05) is 18.7 Å². The van der Waals surface area contributed by atoms with E-state index in [1.165, 1.54) is 0 Å². The Balaban J connectivity index is 1.96. The zero-order chi connectivity index (χ0) is 15.2. The van der Waals surface area contributed by atoms with Crippen molar-refractivity contribution in [2.45, 2.75) is 18.9 Å². The Morgan fingerprint density at radius 2 is 2.10 bits per heavy atom. The third-order valence-corrected chi connectivity index (χ3v) is 4.18. The second-order valence-corrected chi connectivity index (χ2v) is 6.09. The molecule has 0 aliphatic carbocycles. The van der Waals surface area contributed by atoms with Crippen LogP contribution in [0.4, 0.5) is 0 Å². The van der Waals surface area contributed by atoms with Gasteiger partial charge in [0.15, 0.2) is 5.69 Å². The van der Waals surface area contributed by atoms with E-state index in [-0.39, 0.29) is 0 Å². The molecular formula is C16H16ClN2OS+. The van der Waals surface area contributed by atoms with Crippen molar-refractivity contribution in [3.63, 3.8) is 0 Å². The number of nitrogens with zero attached hydrogens (tertiary/aromatic N) is 1. The molecule has 2 aromatic rings. The summed E-state index contributed by atoms with van der Waals surface area (Å²) in [6.07, 6.45) is 0. The first-order chi connectivity index (χ1) is 10.1. The summed E-state index contributed by atoms with van der Waals surface area (Å²) in [4.78, 5) is 3.24. The number of nitrogens with one attached hydrogen (secondary N) is 1. The number of pyridine rings is 1. The summed E-state index contributed by atoms with van der Waals surface area (Å²) in [5.41, 5.74) is 2.73. The second-order valence-electron chi connectivity index (χ2n) is 4.58. The van der Waals surface area contributed by atoms with Crippen LogP contribution < -0.4 is 9.72 Å². The Labute approximate surface area is 133 Å². The first kappa shape index (κ1) is 15.7. The number of hydrogen-bond acceptors (Lipinski definition) is 3. The molecular weight excluding hydrogens is 304 g/mol. The number of H-pyrrole nitrogens is 1. The number of thioether (sulfide) groups is 1. The van der Waals surface area contributed by atoms with Crippen LogP contribution in [-0.2, 0) is 0 Å². The van der Waals surface area contributed by atoms with Crippen LogP contribution in [0.1, 0.15) is 16.8 Å². The third kappa shape index (κ3) is 4.13. The number of ether oxygens (including phenoxy) is 1. The molecule has 0 fully saturated rings. The van der Waals surface area contributed by atoms with Crippen LogP contribution in [0.3, 0.4) is 0 Å². The first-order valence-electron chi connectivity index (χ1n) is 6.55. The molecule has 0 saturated carbocycles. The standard InChI is InChI=1S/C16H15ClN2OS/c1-11-9-12(2)19-16(13(11)10-18)21-8-7-20-15-6-4-3-5-14(15)17/h3-6,9H,7-8H2,1-2H3/p+1. The van der Waals surface area contributed by atoms with Crippen LogP contribution in [0.15, 0.2) is 35.4 Å². The number of aromatic nitrogens is 1. The number of halogens is 1. The maximum atomic E-state index is 9.23. The minimum Gasteiger partial charge on any atom is -0.491 e. The van der Waals surface area contributed by atoms with Gasteiger partial charge in [-0.2, -0.15) is 5.26 Å². The van der Waals surface area contributed by atoms with E-state index >= 15 is 0 Å². The van der Waals surface area contributed by atoms with E-state index < -0.39 is 0 Å². The first-order valence-corrected chi connectivity index (χ1v) is 7.92. The largest absolute Gasteiger partial charge is 0.491 e. The van der Waals surface area contributed by atoms with Crippen molar-refractivity contribution < 1.29 is 9.72 Å². The number of benzene rings is 1. The van der Waals surface area contributed by atoms with E-state index in [1.807, 2.05) is 38.1 Å². The predicted molar refractivity (Wildman–Crippen MR) is 84.9 cm³/mol. The number of nitriles is 1. The third-order valence-electron chi connectivity index (χ3n) is 2.90. The molecule has 1 aromatic heterocycles. The Morgan fingerprint density at radius 3 is 2.81 bits per heavy atom. The molecule has 0 atom stereocenters. The predicted octanol–water partition coefficient (Wildman–Crippen LogP) is 3.81. The molecule has 0 unspecified atom stereocenters. The van der Waals surface area contributed by atoms with Gasteiger partial charge >= 0.3 is 0 Å². The maximum Gasteiger partial charge on any atom is 0.256 e. The molecule has 108 valence electrons. The van der Waals surface area contributed by atoms with Crippen LogP contribution in [-0.4, -0.2) is 12.4 Å². The summed E-state index contributed by atoms with van der Waals surface area (Å²) in [5.74, 6) is 1.42. The van der Waals surface area contributed by atoms with Gasteiger partial charge in [-0.1, -0.05) is 35.5 Å². The molecule has 21 heavy (non-hydrogen) atoms. The summed E-state index contributed by atoms with van der Waals surface area (Å²) in [6.45, 7) is 4.46. The fraction of sp³-hybridized carbons (Fsp3) is 0.250. The molecule has 0 aliphatic heterocycles. The second kappa shape index (κ2) is 7.35. The van der Waals surface area contributed by atoms with Gasteiger partial charge in [-0.05, 0) is 24.6 Å². The van der Waals surface area contributed by atoms with Crippen molar-refractivity contribution >= 4 is 23.4 Å². The maximum absolute atomic E-state index is 9.23. The van der Waals surface area contributed by atoms with Crippen molar-refractivity contribution in [3.05, 3.63) is 52.2 Å². The van der Waals surface area contributed by atoms with Gasteiger partial charge in [-0.3, -0.25) is 0 Å². The summed E-state index contributed by atoms with van der Waals surface area (Å²) in [5, 5.41) is 10.7. The minimum absolute atomic E-state index is 0.528. The molecule has 0 amide bonds. The van der Waals surface area contributed by atoms with Crippen molar-refractivity contribution in [2.24, 2.45) is 0 Å². The van der Waals surface area contributed by atoms with Crippen LogP contribution >= 0.6 is 23.4 Å². The highest BCUT2D eigenvalue weighted by molar-refractivity contribution is 7.99. The van der Waals surface area contributed by atoms with Crippen LogP contribution in [0.25, 0.3) is 0 Å². The molecule has 0 saturated heterocycles. The van der Waals surface area contributed by atoms with Gasteiger partial charge < -0.3 is 4.74 Å². The topological polar surface area (TPSA) is 47.2 Å². The highest BCUT2D eigenvalue weighted by atomic mass is 35.5. The zero-order valence-corrected chi connectivity index (χ0v) is 13.5. The van der Waals surface area contributed by atoms with Gasteiger partial charge in [0.1, 0.15) is 17.4 Å². The van der Waals surface area contributed by atoms with Gasteiger partial charge in [0.25, 0.3) is 5.03 Å². The summed E-state index contributed by atoms with van der Waals surface area (Å²) in [6, 6.07) is 11.6. The van der Waals surface area contributed by atoms with E-state index in [2.05, 4.69) is 11.1 Å². The molecule has 2 rings (SSSR count). The summed E-state index contributed by atoms with van der Waals surface area (Å²) in [7, 11) is 0. The molecule has 1 heterocycles. The molecule has 0 radical (unpaired) electrons. The van der Waals surface area contributed by atoms with E-state index in [4.69, 9.17) is 16.3 Å². The number of rotatable bonds is 5. The van der Waals surface area contributed by atoms with Gasteiger partial charge in [0.2, 0.25) is 0 Å². The van der Waals surface area contributed by atoms with E-state index in [0.717, 1.165) is 22.0 Å². The summed E-state index contributed by atoms with van der Waals surface area (Å²) >= 11 is 7.61. The van der Waals surface area contributed by atoms with Crippen LogP contribution in [0.2, 0.25) is 5.02 Å². The molecule has 0 bridgehead atoms. The lowest BCUT2D eigenvalue weighted by Gasteiger charge is -2.07. The van der Waals surface area contributed by atoms with E-state index in [1.54, 1.807) is 17.8 Å². The monoisotopic (exact) mass is 319 g/mol. The van der Waals surface area contributed by atoms with Gasteiger partial charge in [-0.15, -0.1) is 0 Å². The van der Waals surface area contributed by atoms with Crippen molar-refractivity contribution in [1.82, 2.24) is 0 Å². The lowest BCUT2D eigenvalue weighted by molar-refractivity contribution is -0.435. The van der Waals surface area contributed by atoms with Crippen molar-refractivity contribution in [1.29, 1.82) is 5.26 Å². The molecule has 5 heteroatoms. The van der Waals surface area contributed by atoms with Gasteiger partial charge in [0.05, 0.1) is 11.6 Å². The number of para-hydroxylation sites is 1. The minimum atomic E-state index is 0.528.